The predicted octanol–water partition coefficient (Wildman–Crippen LogP) is -0.469. The van der Waals surface area contributed by atoms with E-state index in [0.29, 0.717) is 0 Å². The molecule has 0 aromatic rings. The smallest absolute Gasteiger partial charge is 0.371 e. The second-order valence-electron chi connectivity index (χ2n) is 1.79. The molecule has 0 N–H and O–H groups in total. The van der Waals surface area contributed by atoms with Crippen LogP contribution in [0.1, 0.15) is 0 Å². The molecule has 0 bridgehead atoms. The molecule has 0 aromatic carbocycles. The lowest BCUT2D eigenvalue weighted by Crippen LogP contribution is -2.36. The van der Waals surface area contributed by atoms with E-state index < -0.39 is 22.0 Å². The van der Waals surface area contributed by atoms with Gasteiger partial charge < -0.3 is 4.18 Å². The van der Waals surface area contributed by atoms with Crippen LogP contribution >= 0.6 is 0 Å². The van der Waals surface area contributed by atoms with E-state index >= 15 is 0 Å². The Morgan fingerprint density at radius 3 is 2.64 bits per heavy atom. The fraction of sp³-hybridized carbons (Fsp3) is 0.250. The summed E-state index contributed by atoms with van der Waals surface area (Å²) in [5, 5.41) is 0. The van der Waals surface area contributed by atoms with E-state index in [1.165, 1.54) is 0 Å². The average Bonchev–Trinajstić information content (AvgIpc) is 1.95. The van der Waals surface area contributed by atoms with E-state index in [1.54, 1.807) is 0 Å². The highest BCUT2D eigenvalue weighted by Gasteiger charge is 2.32. The number of hydrogen-bond donors (Lipinski definition) is 0. The van der Waals surface area contributed by atoms with Crippen LogP contribution in [0, 0.1) is 0 Å². The Hall–Kier alpha value is -1.11. The first-order valence-electron chi connectivity index (χ1n) is 2.52. The van der Waals surface area contributed by atoms with Crippen molar-refractivity contribution >= 4 is 16.2 Å². The minimum atomic E-state index is -4.08. The molecule has 1 aliphatic heterocycles. The number of amides is 1. The summed E-state index contributed by atoms with van der Waals surface area (Å²) >= 11 is 0. The molecular weight excluding hydrogens is 177 g/mol. The van der Waals surface area contributed by atoms with Crippen LogP contribution in [0.15, 0.2) is 12.1 Å². The third-order valence-electron chi connectivity index (χ3n) is 1.10. The number of carbonyl (C=O) groups excluding carboxylic acids is 1. The molecule has 0 unspecified atom stereocenters. The number of carbonyl (C=O) groups is 1. The van der Waals surface area contributed by atoms with Crippen LogP contribution in [0.3, 0.4) is 0 Å². The van der Waals surface area contributed by atoms with Crippen molar-refractivity contribution in [2.24, 2.45) is 0 Å². The molecule has 1 rings (SSSR count). The van der Waals surface area contributed by atoms with Crippen molar-refractivity contribution in [3.63, 3.8) is 0 Å². The van der Waals surface area contributed by atoms with Gasteiger partial charge in [-0.3, -0.25) is 4.79 Å². The van der Waals surface area contributed by atoms with Gasteiger partial charge in [-0.2, -0.15) is 12.8 Å². The van der Waals surface area contributed by atoms with Gasteiger partial charge in [0.25, 0.3) is 0 Å². The second-order valence-corrected chi connectivity index (χ2v) is 3.39. The summed E-state index contributed by atoms with van der Waals surface area (Å²) in [7, 11) is -3.17. The van der Waals surface area contributed by atoms with Gasteiger partial charge in [-0.15, -0.1) is 0 Å². The molecule has 7 heteroatoms. The molecule has 0 aliphatic carbocycles. The number of likely N-dealkylation sites (N-methyl/N-ethyl adjacent to an activating group) is 1. The zero-order valence-electron chi connectivity index (χ0n) is 5.44. The molecule has 0 atom stereocenters. The van der Waals surface area contributed by atoms with Gasteiger partial charge in [-0.05, 0) is 0 Å². The van der Waals surface area contributed by atoms with Gasteiger partial charge in [0.05, 0.1) is 0 Å². The highest BCUT2D eigenvalue weighted by Crippen LogP contribution is 2.14. The van der Waals surface area contributed by atoms with Gasteiger partial charge in [-0.1, -0.05) is 0 Å². The molecule has 1 heterocycles. The maximum absolute atomic E-state index is 12.3. The Morgan fingerprint density at radius 2 is 2.18 bits per heavy atom. The fourth-order valence-electron chi connectivity index (χ4n) is 0.470. The molecule has 0 spiro atoms. The zero-order chi connectivity index (χ0) is 8.65. The van der Waals surface area contributed by atoms with E-state index in [2.05, 4.69) is 4.18 Å². The summed E-state index contributed by atoms with van der Waals surface area (Å²) < 4.78 is 37.6. The topological polar surface area (TPSA) is 63.7 Å². The summed E-state index contributed by atoms with van der Waals surface area (Å²) in [5.74, 6) is -2.46. The van der Waals surface area contributed by atoms with E-state index in [4.69, 9.17) is 0 Å². The molecule has 5 nitrogen and oxygen atoms in total. The minimum absolute atomic E-state index is 0.183. The predicted molar refractivity (Wildman–Crippen MR) is 32.0 cm³/mol. The number of nitrogens with zero attached hydrogens (tertiary/aromatic N) is 1. The molecule has 0 saturated heterocycles. The molecule has 0 saturated carbocycles. The lowest BCUT2D eigenvalue weighted by Gasteiger charge is -2.17. The SMILES string of the molecule is CN1C(=O)C(F)=COS1(=O)=O. The molecule has 0 radical (unpaired) electrons. The van der Waals surface area contributed by atoms with Gasteiger partial charge in [0.1, 0.15) is 6.26 Å². The van der Waals surface area contributed by atoms with E-state index in [9.17, 15) is 17.6 Å². The molecule has 62 valence electrons. The van der Waals surface area contributed by atoms with Crippen LogP contribution in [0.2, 0.25) is 0 Å². The van der Waals surface area contributed by atoms with Gasteiger partial charge in [0.2, 0.25) is 5.83 Å². The summed E-state index contributed by atoms with van der Waals surface area (Å²) in [6.45, 7) is 0. The van der Waals surface area contributed by atoms with Crippen molar-refractivity contribution < 1.29 is 21.8 Å². The van der Waals surface area contributed by atoms with Crippen LogP contribution in [0.5, 0.6) is 0 Å². The average molecular weight is 181 g/mol. The summed E-state index contributed by atoms with van der Waals surface area (Å²) in [6.07, 6.45) is 0.262. The summed E-state index contributed by atoms with van der Waals surface area (Å²) in [5.41, 5.74) is 0. The molecule has 1 aliphatic rings. The maximum atomic E-state index is 12.3. The van der Waals surface area contributed by atoms with Gasteiger partial charge in [-0.25, -0.2) is 4.31 Å². The van der Waals surface area contributed by atoms with Crippen molar-refractivity contribution in [2.75, 3.05) is 7.05 Å². The first-order valence-corrected chi connectivity index (χ1v) is 3.89. The molecular formula is C4H4FNO4S. The maximum Gasteiger partial charge on any atom is 0.411 e. The van der Waals surface area contributed by atoms with Crippen LogP contribution in [0.25, 0.3) is 0 Å². The first kappa shape index (κ1) is 7.99. The molecule has 1 amide bonds. The Balaban J connectivity index is 3.15. The lowest BCUT2D eigenvalue weighted by atomic mass is 10.5. The second kappa shape index (κ2) is 2.19. The zero-order valence-corrected chi connectivity index (χ0v) is 6.26. The first-order chi connectivity index (χ1) is 4.95. The third kappa shape index (κ3) is 1.18. The van der Waals surface area contributed by atoms with E-state index in [-0.39, 0.29) is 10.6 Å². The molecule has 0 fully saturated rings. The van der Waals surface area contributed by atoms with Crippen LogP contribution in [-0.4, -0.2) is 25.7 Å². The van der Waals surface area contributed by atoms with Crippen LogP contribution < -0.4 is 0 Å². The monoisotopic (exact) mass is 181 g/mol. The number of halogens is 1. The number of hydrogen-bond acceptors (Lipinski definition) is 4. The van der Waals surface area contributed by atoms with E-state index in [1.807, 2.05) is 0 Å². The Kier molecular flexibility index (Phi) is 1.59. The summed E-state index contributed by atoms with van der Waals surface area (Å²) in [4.78, 5) is 10.6. The normalized spacial score (nSPS) is 22.5. The minimum Gasteiger partial charge on any atom is -0.371 e. The quantitative estimate of drug-likeness (QED) is 0.506. The highest BCUT2D eigenvalue weighted by molar-refractivity contribution is 7.85. The van der Waals surface area contributed by atoms with Crippen molar-refractivity contribution in [2.45, 2.75) is 0 Å². The van der Waals surface area contributed by atoms with Gasteiger partial charge >= 0.3 is 16.2 Å². The van der Waals surface area contributed by atoms with Crippen molar-refractivity contribution in [3.8, 4) is 0 Å². The Morgan fingerprint density at radius 1 is 1.64 bits per heavy atom. The van der Waals surface area contributed by atoms with Crippen molar-refractivity contribution in [1.29, 1.82) is 0 Å². The van der Waals surface area contributed by atoms with Crippen LogP contribution in [0.4, 0.5) is 4.39 Å². The largest absolute Gasteiger partial charge is 0.411 e. The third-order valence-corrected chi connectivity index (χ3v) is 2.27. The number of rotatable bonds is 0. The van der Waals surface area contributed by atoms with E-state index in [0.717, 1.165) is 7.05 Å². The summed E-state index contributed by atoms with van der Waals surface area (Å²) in [6, 6.07) is 0. The highest BCUT2D eigenvalue weighted by atomic mass is 32.2. The van der Waals surface area contributed by atoms with Crippen molar-refractivity contribution in [1.82, 2.24) is 4.31 Å². The van der Waals surface area contributed by atoms with Crippen molar-refractivity contribution in [3.05, 3.63) is 12.1 Å². The van der Waals surface area contributed by atoms with Crippen LogP contribution in [-0.2, 0) is 19.3 Å². The Labute approximate surface area is 62.3 Å². The molecule has 0 aromatic heterocycles. The Bertz CT molecular complexity index is 319. The lowest BCUT2D eigenvalue weighted by molar-refractivity contribution is -0.124. The fourth-order valence-corrected chi connectivity index (χ4v) is 1.10. The standard InChI is InChI=1S/C4H4FNO4S/c1-6-4(7)3(5)2-10-11(6,8)9/h2H,1H3. The van der Waals surface area contributed by atoms with Gasteiger partial charge in [0, 0.05) is 7.05 Å². The van der Waals surface area contributed by atoms with Gasteiger partial charge in [0.15, 0.2) is 0 Å². The molecule has 11 heavy (non-hydrogen) atoms.